The van der Waals surface area contributed by atoms with E-state index in [0.717, 1.165) is 32.5 Å². The summed E-state index contributed by atoms with van der Waals surface area (Å²) >= 11 is 0. The molecule has 0 aliphatic carbocycles. The zero-order valence-corrected chi connectivity index (χ0v) is 11.6. The molecule has 0 aromatic rings. The monoisotopic (exact) mass is 272 g/mol. The average molecular weight is 272 g/mol. The number of primary amides is 1. The first-order chi connectivity index (χ1) is 9.11. The Balaban J connectivity index is 2.03. The summed E-state index contributed by atoms with van der Waals surface area (Å²) in [5.74, 6) is -0.104. The third kappa shape index (κ3) is 7.12. The van der Waals surface area contributed by atoms with Gasteiger partial charge in [-0.15, -0.1) is 0 Å². The molecule has 0 radical (unpaired) electrons. The lowest BCUT2D eigenvalue weighted by Crippen LogP contribution is -2.37. The van der Waals surface area contributed by atoms with E-state index >= 15 is 0 Å². The van der Waals surface area contributed by atoms with Crippen molar-refractivity contribution in [1.82, 2.24) is 4.90 Å². The van der Waals surface area contributed by atoms with Crippen LogP contribution in [0.15, 0.2) is 0 Å². The number of ether oxygens (including phenoxy) is 2. The topological polar surface area (TPSA) is 81.9 Å². The van der Waals surface area contributed by atoms with E-state index in [0.29, 0.717) is 25.6 Å². The molecular weight excluding hydrogens is 248 g/mol. The summed E-state index contributed by atoms with van der Waals surface area (Å²) < 4.78 is 10.0. The Morgan fingerprint density at radius 3 is 2.58 bits per heavy atom. The number of rotatable bonds is 8. The van der Waals surface area contributed by atoms with Crippen LogP contribution in [-0.2, 0) is 19.1 Å². The van der Waals surface area contributed by atoms with Crippen LogP contribution in [0.5, 0.6) is 0 Å². The van der Waals surface area contributed by atoms with Crippen LogP contribution in [0.4, 0.5) is 0 Å². The second kappa shape index (κ2) is 8.87. The van der Waals surface area contributed by atoms with Crippen molar-refractivity contribution in [1.29, 1.82) is 0 Å². The number of likely N-dealkylation sites (tertiary alicyclic amines) is 1. The molecule has 0 unspecified atom stereocenters. The third-order valence-electron chi connectivity index (χ3n) is 3.27. The van der Waals surface area contributed by atoms with Crippen LogP contribution < -0.4 is 5.73 Å². The van der Waals surface area contributed by atoms with Gasteiger partial charge in [-0.3, -0.25) is 4.79 Å². The molecule has 1 amide bonds. The minimum absolute atomic E-state index is 0.0198. The minimum Gasteiger partial charge on any atom is -0.464 e. The summed E-state index contributed by atoms with van der Waals surface area (Å²) in [6.45, 7) is 5.43. The molecule has 2 N–H and O–H groups in total. The van der Waals surface area contributed by atoms with E-state index < -0.39 is 0 Å². The summed E-state index contributed by atoms with van der Waals surface area (Å²) in [6, 6.07) is 0. The molecule has 6 nitrogen and oxygen atoms in total. The largest absolute Gasteiger partial charge is 0.464 e. The van der Waals surface area contributed by atoms with Crippen molar-refractivity contribution < 1.29 is 19.1 Å². The first-order valence-corrected chi connectivity index (χ1v) is 6.85. The Morgan fingerprint density at radius 1 is 1.32 bits per heavy atom. The summed E-state index contributed by atoms with van der Waals surface area (Å²) in [5.41, 5.74) is 5.19. The maximum atomic E-state index is 11.0. The fraction of sp³-hybridized carbons (Fsp3) is 0.846. The number of hydrogen-bond donors (Lipinski definition) is 1. The van der Waals surface area contributed by atoms with E-state index in [1.807, 2.05) is 0 Å². The predicted molar refractivity (Wildman–Crippen MR) is 70.4 cm³/mol. The SMILES string of the molecule is CCOC(=O)COCCN1CCC(CC(N)=O)CC1. The zero-order chi connectivity index (χ0) is 14.1. The standard InChI is InChI=1S/C13H24N2O4/c1-2-19-13(17)10-18-8-7-15-5-3-11(4-6-15)9-12(14)16/h11H,2-10H2,1H3,(H2,14,16). The highest BCUT2D eigenvalue weighted by Crippen LogP contribution is 2.19. The van der Waals surface area contributed by atoms with E-state index in [1.54, 1.807) is 6.92 Å². The fourth-order valence-electron chi connectivity index (χ4n) is 2.25. The van der Waals surface area contributed by atoms with Crippen molar-refractivity contribution in [2.75, 3.05) is 39.5 Å². The quantitative estimate of drug-likeness (QED) is 0.502. The lowest BCUT2D eigenvalue weighted by Gasteiger charge is -2.31. The van der Waals surface area contributed by atoms with Crippen LogP contribution in [0.25, 0.3) is 0 Å². The van der Waals surface area contributed by atoms with Gasteiger partial charge in [0, 0.05) is 13.0 Å². The second-order valence-electron chi connectivity index (χ2n) is 4.81. The number of amides is 1. The first kappa shape index (κ1) is 15.9. The van der Waals surface area contributed by atoms with Gasteiger partial charge in [0.25, 0.3) is 0 Å². The van der Waals surface area contributed by atoms with E-state index in [1.165, 1.54) is 0 Å². The van der Waals surface area contributed by atoms with Gasteiger partial charge in [-0.2, -0.15) is 0 Å². The van der Waals surface area contributed by atoms with E-state index in [9.17, 15) is 9.59 Å². The van der Waals surface area contributed by atoms with Crippen molar-refractivity contribution in [3.63, 3.8) is 0 Å². The average Bonchev–Trinajstić information content (AvgIpc) is 2.36. The van der Waals surface area contributed by atoms with E-state index in [2.05, 4.69) is 4.90 Å². The summed E-state index contributed by atoms with van der Waals surface area (Å²) in [6.07, 6.45) is 2.49. The highest BCUT2D eigenvalue weighted by atomic mass is 16.6. The molecule has 110 valence electrons. The predicted octanol–water partition coefficient (Wildman–Crippen LogP) is 0.154. The van der Waals surface area contributed by atoms with Gasteiger partial charge in [0.1, 0.15) is 6.61 Å². The van der Waals surface area contributed by atoms with Crippen LogP contribution in [0.1, 0.15) is 26.2 Å². The number of nitrogens with zero attached hydrogens (tertiary/aromatic N) is 1. The Kier molecular flexibility index (Phi) is 7.43. The van der Waals surface area contributed by atoms with Gasteiger partial charge in [-0.05, 0) is 38.8 Å². The summed E-state index contributed by atoms with van der Waals surface area (Å²) in [4.78, 5) is 24.1. The van der Waals surface area contributed by atoms with Gasteiger partial charge in [0.2, 0.25) is 5.91 Å². The zero-order valence-electron chi connectivity index (χ0n) is 11.6. The van der Waals surface area contributed by atoms with Gasteiger partial charge >= 0.3 is 5.97 Å². The normalized spacial score (nSPS) is 17.3. The number of nitrogens with two attached hydrogens (primary N) is 1. The van der Waals surface area contributed by atoms with Crippen molar-refractivity contribution >= 4 is 11.9 Å². The second-order valence-corrected chi connectivity index (χ2v) is 4.81. The van der Waals surface area contributed by atoms with Crippen LogP contribution in [-0.4, -0.2) is 56.2 Å². The molecule has 0 atom stereocenters. The Bertz CT molecular complexity index is 288. The summed E-state index contributed by atoms with van der Waals surface area (Å²) in [5, 5.41) is 0. The van der Waals surface area contributed by atoms with E-state index in [-0.39, 0.29) is 18.5 Å². The van der Waals surface area contributed by atoms with Gasteiger partial charge in [-0.1, -0.05) is 0 Å². The molecule has 0 spiro atoms. The van der Waals surface area contributed by atoms with Gasteiger partial charge in [0.15, 0.2) is 0 Å². The molecular formula is C13H24N2O4. The third-order valence-corrected chi connectivity index (χ3v) is 3.27. The lowest BCUT2D eigenvalue weighted by atomic mass is 9.93. The van der Waals surface area contributed by atoms with Gasteiger partial charge in [-0.25, -0.2) is 4.79 Å². The summed E-state index contributed by atoms with van der Waals surface area (Å²) in [7, 11) is 0. The first-order valence-electron chi connectivity index (χ1n) is 6.85. The van der Waals surface area contributed by atoms with Crippen molar-refractivity contribution in [2.45, 2.75) is 26.2 Å². The number of carbonyl (C=O) groups is 2. The Labute approximate surface area is 114 Å². The molecule has 0 saturated carbocycles. The van der Waals surface area contributed by atoms with Crippen molar-refractivity contribution in [2.24, 2.45) is 11.7 Å². The molecule has 6 heteroatoms. The molecule has 0 aromatic heterocycles. The van der Waals surface area contributed by atoms with Crippen LogP contribution in [0.2, 0.25) is 0 Å². The molecule has 1 rings (SSSR count). The molecule has 19 heavy (non-hydrogen) atoms. The van der Waals surface area contributed by atoms with E-state index in [4.69, 9.17) is 15.2 Å². The highest BCUT2D eigenvalue weighted by molar-refractivity contribution is 5.74. The number of carbonyl (C=O) groups excluding carboxylic acids is 2. The minimum atomic E-state index is -0.317. The number of piperidine rings is 1. The van der Waals surface area contributed by atoms with Crippen molar-refractivity contribution in [3.8, 4) is 0 Å². The lowest BCUT2D eigenvalue weighted by molar-refractivity contribution is -0.148. The molecule has 0 aromatic carbocycles. The van der Waals surface area contributed by atoms with Gasteiger partial charge < -0.3 is 20.1 Å². The fourth-order valence-corrected chi connectivity index (χ4v) is 2.25. The van der Waals surface area contributed by atoms with Crippen molar-refractivity contribution in [3.05, 3.63) is 0 Å². The molecule has 1 aliphatic heterocycles. The van der Waals surface area contributed by atoms with Gasteiger partial charge in [0.05, 0.1) is 13.2 Å². The maximum absolute atomic E-state index is 11.0. The maximum Gasteiger partial charge on any atom is 0.332 e. The highest BCUT2D eigenvalue weighted by Gasteiger charge is 2.20. The van der Waals surface area contributed by atoms with Crippen LogP contribution >= 0.6 is 0 Å². The number of hydrogen-bond acceptors (Lipinski definition) is 5. The Morgan fingerprint density at radius 2 is 2.00 bits per heavy atom. The smallest absolute Gasteiger partial charge is 0.332 e. The van der Waals surface area contributed by atoms with Crippen LogP contribution in [0, 0.1) is 5.92 Å². The molecule has 1 heterocycles. The molecule has 1 saturated heterocycles. The van der Waals surface area contributed by atoms with Crippen LogP contribution in [0.3, 0.4) is 0 Å². The molecule has 1 aliphatic rings. The molecule has 0 bridgehead atoms. The number of esters is 1. The molecule has 1 fully saturated rings. The Hall–Kier alpha value is -1.14.